The largest absolute Gasteiger partial charge is 0.493 e. The Bertz CT molecular complexity index is 1320. The van der Waals surface area contributed by atoms with E-state index in [1.807, 2.05) is 102 Å². The minimum Gasteiger partial charge on any atom is -0.493 e. The third kappa shape index (κ3) is 8.35. The van der Waals surface area contributed by atoms with E-state index in [0.717, 1.165) is 47.4 Å². The second kappa shape index (κ2) is 14.6. The van der Waals surface area contributed by atoms with Crippen molar-refractivity contribution in [3.63, 3.8) is 0 Å². The molecule has 0 bridgehead atoms. The predicted octanol–water partition coefficient (Wildman–Crippen LogP) is 6.09. The lowest BCUT2D eigenvalue weighted by Crippen LogP contribution is -2.30. The Labute approximate surface area is 229 Å². The van der Waals surface area contributed by atoms with Crippen molar-refractivity contribution >= 4 is 11.7 Å². The molecule has 4 aromatic rings. The molecule has 0 aliphatic carbocycles. The number of para-hydroxylation sites is 1. The maximum Gasteiger partial charge on any atom is 0.256 e. The lowest BCUT2D eigenvalue weighted by molar-refractivity contribution is -0.121. The van der Waals surface area contributed by atoms with E-state index < -0.39 is 6.61 Å². The molecule has 0 aliphatic rings. The summed E-state index contributed by atoms with van der Waals surface area (Å²) in [6.07, 6.45) is 4.43. The Hall–Kier alpha value is -4.29. The quantitative estimate of drug-likeness (QED) is 0.203. The average molecular weight is 523 g/mol. The molecule has 0 unspecified atom stereocenters. The fraction of sp³-hybridized carbons (Fsp3) is 0.242. The Balaban J connectivity index is 1.46. The normalized spacial score (nSPS) is 10.7. The molecular weight excluding hydrogens is 488 g/mol. The minimum absolute atomic E-state index is 0.102. The number of aliphatic hydroxyl groups excluding tert-OH is 1. The van der Waals surface area contributed by atoms with Crippen molar-refractivity contribution in [2.24, 2.45) is 0 Å². The lowest BCUT2D eigenvalue weighted by Gasteiger charge is -2.24. The molecule has 4 rings (SSSR count). The van der Waals surface area contributed by atoms with Gasteiger partial charge in [-0.1, -0.05) is 78.9 Å². The standard InChI is InChI=1S/C33H34N2O4/c36-25-30(37)17-8-3-11-21-39-32-18-10-9-16-29(32)24-35(23-26-12-4-1-5-13-26)33(38)28-19-20-31(34-22-28)27-14-6-2-7-15-27/h1-2,4-7,9-10,12-16,18-20,22,36H,3,8,11,17,21,23-25H2. The summed E-state index contributed by atoms with van der Waals surface area (Å²) in [5.41, 5.74) is 4.31. The summed E-state index contributed by atoms with van der Waals surface area (Å²) < 4.78 is 6.09. The highest BCUT2D eigenvalue weighted by Crippen LogP contribution is 2.23. The number of pyridine rings is 1. The number of hydrogen-bond acceptors (Lipinski definition) is 5. The van der Waals surface area contributed by atoms with E-state index >= 15 is 0 Å². The fourth-order valence-electron chi connectivity index (χ4n) is 4.33. The van der Waals surface area contributed by atoms with Crippen LogP contribution in [0.4, 0.5) is 0 Å². The van der Waals surface area contributed by atoms with Gasteiger partial charge in [0.05, 0.1) is 17.9 Å². The molecule has 0 saturated carbocycles. The van der Waals surface area contributed by atoms with E-state index in [9.17, 15) is 9.59 Å². The number of aromatic nitrogens is 1. The van der Waals surface area contributed by atoms with Crippen LogP contribution in [0, 0.1) is 0 Å². The van der Waals surface area contributed by atoms with E-state index in [1.165, 1.54) is 0 Å². The minimum atomic E-state index is -0.394. The Morgan fingerprint density at radius 2 is 1.49 bits per heavy atom. The van der Waals surface area contributed by atoms with Crippen molar-refractivity contribution in [1.29, 1.82) is 0 Å². The summed E-state index contributed by atoms with van der Waals surface area (Å²) >= 11 is 0. The van der Waals surface area contributed by atoms with Crippen LogP contribution in [0.5, 0.6) is 5.75 Å². The van der Waals surface area contributed by atoms with Crippen LogP contribution in [0.1, 0.15) is 47.2 Å². The zero-order valence-corrected chi connectivity index (χ0v) is 22.0. The molecule has 1 heterocycles. The van der Waals surface area contributed by atoms with Gasteiger partial charge >= 0.3 is 0 Å². The number of ether oxygens (including phenoxy) is 1. The van der Waals surface area contributed by atoms with Gasteiger partial charge in [-0.3, -0.25) is 14.6 Å². The molecular formula is C33H34N2O4. The van der Waals surface area contributed by atoms with E-state index in [0.29, 0.717) is 31.7 Å². The maximum atomic E-state index is 13.7. The maximum absolute atomic E-state index is 13.7. The number of Topliss-reactive ketones (excluding diaryl/α,β-unsaturated/α-hetero) is 1. The number of nitrogens with zero attached hydrogens (tertiary/aromatic N) is 2. The van der Waals surface area contributed by atoms with Gasteiger partial charge in [0.1, 0.15) is 12.4 Å². The third-order valence-electron chi connectivity index (χ3n) is 6.45. The van der Waals surface area contributed by atoms with Crippen LogP contribution in [0.15, 0.2) is 103 Å². The zero-order valence-electron chi connectivity index (χ0n) is 22.0. The molecule has 1 aromatic heterocycles. The molecule has 0 radical (unpaired) electrons. The van der Waals surface area contributed by atoms with Crippen LogP contribution in [0.3, 0.4) is 0 Å². The monoisotopic (exact) mass is 522 g/mol. The molecule has 6 heteroatoms. The number of hydrogen-bond donors (Lipinski definition) is 1. The number of carbonyl (C=O) groups is 2. The number of benzene rings is 3. The summed E-state index contributed by atoms with van der Waals surface area (Å²) in [6, 6.07) is 31.3. The second-order valence-corrected chi connectivity index (χ2v) is 9.41. The second-order valence-electron chi connectivity index (χ2n) is 9.41. The third-order valence-corrected chi connectivity index (χ3v) is 6.45. The molecule has 1 amide bonds. The molecule has 0 saturated heterocycles. The van der Waals surface area contributed by atoms with Crippen molar-refractivity contribution in [3.05, 3.63) is 120 Å². The predicted molar refractivity (Wildman–Crippen MR) is 152 cm³/mol. The zero-order chi connectivity index (χ0) is 27.3. The highest BCUT2D eigenvalue weighted by Gasteiger charge is 2.19. The van der Waals surface area contributed by atoms with E-state index in [2.05, 4.69) is 4.98 Å². The number of rotatable bonds is 14. The Morgan fingerprint density at radius 1 is 0.769 bits per heavy atom. The summed E-state index contributed by atoms with van der Waals surface area (Å²) in [7, 11) is 0. The van der Waals surface area contributed by atoms with Gasteiger partial charge in [-0.2, -0.15) is 0 Å². The fourth-order valence-corrected chi connectivity index (χ4v) is 4.33. The van der Waals surface area contributed by atoms with Crippen LogP contribution in [0.25, 0.3) is 11.3 Å². The molecule has 0 fully saturated rings. The highest BCUT2D eigenvalue weighted by molar-refractivity contribution is 5.94. The number of amides is 1. The molecule has 3 aromatic carbocycles. The van der Waals surface area contributed by atoms with E-state index in [-0.39, 0.29) is 11.7 Å². The topological polar surface area (TPSA) is 79.7 Å². The Kier molecular flexibility index (Phi) is 10.4. The highest BCUT2D eigenvalue weighted by atomic mass is 16.5. The summed E-state index contributed by atoms with van der Waals surface area (Å²) in [5, 5.41) is 8.85. The molecule has 200 valence electrons. The molecule has 0 aliphatic heterocycles. The molecule has 6 nitrogen and oxygen atoms in total. The van der Waals surface area contributed by atoms with Gasteiger partial charge in [-0.25, -0.2) is 0 Å². The van der Waals surface area contributed by atoms with E-state index in [4.69, 9.17) is 9.84 Å². The summed E-state index contributed by atoms with van der Waals surface area (Å²) in [6.45, 7) is 0.958. The van der Waals surface area contributed by atoms with Crippen LogP contribution in [0.2, 0.25) is 0 Å². The van der Waals surface area contributed by atoms with Gasteiger partial charge < -0.3 is 14.7 Å². The molecule has 39 heavy (non-hydrogen) atoms. The van der Waals surface area contributed by atoms with Crippen molar-refractivity contribution in [3.8, 4) is 17.0 Å². The first-order valence-electron chi connectivity index (χ1n) is 13.3. The van der Waals surface area contributed by atoms with Crippen LogP contribution in [-0.2, 0) is 17.9 Å². The van der Waals surface area contributed by atoms with Crippen molar-refractivity contribution in [2.45, 2.75) is 38.8 Å². The first-order valence-corrected chi connectivity index (χ1v) is 13.3. The van der Waals surface area contributed by atoms with Gasteiger partial charge in [0.25, 0.3) is 5.91 Å². The van der Waals surface area contributed by atoms with Crippen LogP contribution >= 0.6 is 0 Å². The first-order chi connectivity index (χ1) is 19.1. The van der Waals surface area contributed by atoms with Gasteiger partial charge in [-0.15, -0.1) is 0 Å². The Morgan fingerprint density at radius 3 is 2.21 bits per heavy atom. The van der Waals surface area contributed by atoms with Crippen molar-refractivity contribution in [2.75, 3.05) is 13.2 Å². The summed E-state index contributed by atoms with van der Waals surface area (Å²) in [4.78, 5) is 31.4. The smallest absolute Gasteiger partial charge is 0.256 e. The SMILES string of the molecule is O=C(CO)CCCCCOc1ccccc1CN(Cc1ccccc1)C(=O)c1ccc(-c2ccccc2)nc1. The van der Waals surface area contributed by atoms with Crippen LogP contribution < -0.4 is 4.74 Å². The molecule has 0 atom stereocenters. The molecule has 1 N–H and O–H groups in total. The van der Waals surface area contributed by atoms with Gasteiger partial charge in [0, 0.05) is 36.8 Å². The number of ketones is 1. The van der Waals surface area contributed by atoms with Crippen molar-refractivity contribution < 1.29 is 19.4 Å². The molecule has 0 spiro atoms. The van der Waals surface area contributed by atoms with Gasteiger partial charge in [0.15, 0.2) is 5.78 Å². The lowest BCUT2D eigenvalue weighted by atomic mass is 10.1. The average Bonchev–Trinajstić information content (AvgIpc) is 2.99. The van der Waals surface area contributed by atoms with Gasteiger partial charge in [0.2, 0.25) is 0 Å². The van der Waals surface area contributed by atoms with Crippen molar-refractivity contribution in [1.82, 2.24) is 9.88 Å². The number of carbonyl (C=O) groups excluding carboxylic acids is 2. The summed E-state index contributed by atoms with van der Waals surface area (Å²) in [5.74, 6) is 0.510. The number of aliphatic hydroxyl groups is 1. The van der Waals surface area contributed by atoms with E-state index in [1.54, 1.807) is 6.20 Å². The van der Waals surface area contributed by atoms with Gasteiger partial charge in [-0.05, 0) is 43.0 Å². The van der Waals surface area contributed by atoms with Crippen LogP contribution in [-0.4, -0.2) is 39.9 Å². The number of unbranched alkanes of at least 4 members (excludes halogenated alkanes) is 2. The first kappa shape index (κ1) is 27.7.